The number of hydrogen-bond acceptors (Lipinski definition) is 3. The van der Waals surface area contributed by atoms with E-state index >= 15 is 0 Å². The second-order valence-corrected chi connectivity index (χ2v) is 6.68. The Bertz CT molecular complexity index is 654. The van der Waals surface area contributed by atoms with Gasteiger partial charge in [-0.15, -0.1) is 0 Å². The molecule has 1 saturated heterocycles. The first-order chi connectivity index (χ1) is 11.2. The van der Waals surface area contributed by atoms with Crippen LogP contribution in [0.2, 0.25) is 0 Å². The Morgan fingerprint density at radius 1 is 1.17 bits per heavy atom. The first-order valence-corrected chi connectivity index (χ1v) is 8.71. The molecule has 2 heterocycles. The highest BCUT2D eigenvalue weighted by Gasteiger charge is 2.20. The highest BCUT2D eigenvalue weighted by atomic mass is 79.9. The third-order valence-corrected chi connectivity index (χ3v) is 5.00. The van der Waals surface area contributed by atoms with Gasteiger partial charge in [-0.1, -0.05) is 12.1 Å². The normalized spacial score (nSPS) is 15.4. The molecule has 0 saturated carbocycles. The van der Waals surface area contributed by atoms with E-state index in [4.69, 9.17) is 0 Å². The molecular formula is C18H20BrN3O. The lowest BCUT2D eigenvalue weighted by Gasteiger charge is -2.33. The number of carbonyl (C=O) groups excluding carboxylic acids is 1. The van der Waals surface area contributed by atoms with Gasteiger partial charge in [0.15, 0.2) is 0 Å². The largest absolute Gasteiger partial charge is 0.371 e. The van der Waals surface area contributed by atoms with Crippen LogP contribution in [0.5, 0.6) is 0 Å². The number of carbonyl (C=O) groups is 1. The van der Waals surface area contributed by atoms with Crippen molar-refractivity contribution in [3.8, 4) is 0 Å². The van der Waals surface area contributed by atoms with E-state index in [-0.39, 0.29) is 5.91 Å². The Labute approximate surface area is 145 Å². The monoisotopic (exact) mass is 373 g/mol. The van der Waals surface area contributed by atoms with Crippen LogP contribution in [-0.2, 0) is 0 Å². The van der Waals surface area contributed by atoms with Gasteiger partial charge in [0.05, 0.1) is 5.56 Å². The van der Waals surface area contributed by atoms with Crippen LogP contribution >= 0.6 is 15.9 Å². The summed E-state index contributed by atoms with van der Waals surface area (Å²) < 4.78 is 0.838. The summed E-state index contributed by atoms with van der Waals surface area (Å²) in [5.41, 5.74) is 1.93. The first-order valence-electron chi connectivity index (χ1n) is 7.92. The summed E-state index contributed by atoms with van der Waals surface area (Å²) in [6.45, 7) is 2.80. The fourth-order valence-corrected chi connectivity index (χ4v) is 3.39. The molecule has 1 aromatic heterocycles. The predicted molar refractivity (Wildman–Crippen MR) is 95.6 cm³/mol. The van der Waals surface area contributed by atoms with Gasteiger partial charge in [-0.05, 0) is 59.0 Å². The molecule has 23 heavy (non-hydrogen) atoms. The molecule has 1 fully saturated rings. The SMILES string of the molecule is O=C(NCC1CCN(c2ccncc2)CC1)c1ccccc1Br. The van der Waals surface area contributed by atoms with Crippen LogP contribution in [0.4, 0.5) is 5.69 Å². The molecule has 0 bridgehead atoms. The van der Waals surface area contributed by atoms with Crippen molar-refractivity contribution in [3.63, 3.8) is 0 Å². The van der Waals surface area contributed by atoms with Gasteiger partial charge in [0, 0.05) is 42.2 Å². The number of piperidine rings is 1. The Balaban J connectivity index is 1.48. The van der Waals surface area contributed by atoms with E-state index in [2.05, 4.69) is 43.3 Å². The lowest BCUT2D eigenvalue weighted by atomic mass is 9.96. The minimum atomic E-state index is -0.00552. The zero-order valence-corrected chi connectivity index (χ0v) is 14.5. The van der Waals surface area contributed by atoms with Crippen LogP contribution in [0.15, 0.2) is 53.3 Å². The average molecular weight is 374 g/mol. The zero-order valence-electron chi connectivity index (χ0n) is 12.9. The van der Waals surface area contributed by atoms with Gasteiger partial charge < -0.3 is 10.2 Å². The molecule has 0 aliphatic carbocycles. The van der Waals surface area contributed by atoms with E-state index in [1.807, 2.05) is 36.7 Å². The molecule has 1 aliphatic rings. The molecule has 3 rings (SSSR count). The maximum absolute atomic E-state index is 12.2. The molecule has 0 radical (unpaired) electrons. The Hall–Kier alpha value is -1.88. The number of nitrogens with zero attached hydrogens (tertiary/aromatic N) is 2. The molecular weight excluding hydrogens is 354 g/mol. The van der Waals surface area contributed by atoms with Crippen molar-refractivity contribution in [2.75, 3.05) is 24.5 Å². The molecule has 1 aromatic carbocycles. The number of benzene rings is 1. The van der Waals surface area contributed by atoms with Crippen molar-refractivity contribution >= 4 is 27.5 Å². The van der Waals surface area contributed by atoms with Crippen molar-refractivity contribution in [1.82, 2.24) is 10.3 Å². The Morgan fingerprint density at radius 3 is 2.57 bits per heavy atom. The zero-order chi connectivity index (χ0) is 16.1. The fourth-order valence-electron chi connectivity index (χ4n) is 2.93. The van der Waals surface area contributed by atoms with Crippen molar-refractivity contribution in [1.29, 1.82) is 0 Å². The number of hydrogen-bond donors (Lipinski definition) is 1. The number of nitrogens with one attached hydrogen (secondary N) is 1. The molecule has 0 unspecified atom stereocenters. The molecule has 2 aromatic rings. The lowest BCUT2D eigenvalue weighted by Crippen LogP contribution is -2.38. The number of pyridine rings is 1. The molecule has 5 heteroatoms. The van der Waals surface area contributed by atoms with Gasteiger partial charge in [-0.2, -0.15) is 0 Å². The van der Waals surface area contributed by atoms with E-state index < -0.39 is 0 Å². The number of rotatable bonds is 4. The minimum absolute atomic E-state index is 0.00552. The number of amides is 1. The van der Waals surface area contributed by atoms with E-state index in [1.165, 1.54) is 5.69 Å². The highest BCUT2D eigenvalue weighted by Crippen LogP contribution is 2.22. The van der Waals surface area contributed by atoms with Gasteiger partial charge in [-0.25, -0.2) is 0 Å². The third-order valence-electron chi connectivity index (χ3n) is 4.31. The van der Waals surface area contributed by atoms with Gasteiger partial charge >= 0.3 is 0 Å². The topological polar surface area (TPSA) is 45.2 Å². The van der Waals surface area contributed by atoms with Crippen molar-refractivity contribution in [3.05, 3.63) is 58.8 Å². The first kappa shape index (κ1) is 16.0. The van der Waals surface area contributed by atoms with E-state index in [1.54, 1.807) is 0 Å². The van der Waals surface area contributed by atoms with E-state index in [0.29, 0.717) is 11.5 Å². The summed E-state index contributed by atoms with van der Waals surface area (Å²) in [7, 11) is 0. The Kier molecular flexibility index (Phi) is 5.28. The summed E-state index contributed by atoms with van der Waals surface area (Å²) in [6, 6.07) is 11.6. The van der Waals surface area contributed by atoms with Gasteiger partial charge in [0.2, 0.25) is 0 Å². The van der Waals surface area contributed by atoms with Crippen LogP contribution in [0, 0.1) is 5.92 Å². The maximum atomic E-state index is 12.2. The molecule has 0 spiro atoms. The molecule has 0 atom stereocenters. The Morgan fingerprint density at radius 2 is 1.87 bits per heavy atom. The van der Waals surface area contributed by atoms with Crippen LogP contribution in [-0.4, -0.2) is 30.5 Å². The minimum Gasteiger partial charge on any atom is -0.371 e. The average Bonchev–Trinajstić information content (AvgIpc) is 2.61. The highest BCUT2D eigenvalue weighted by molar-refractivity contribution is 9.10. The van der Waals surface area contributed by atoms with Crippen LogP contribution in [0.1, 0.15) is 23.2 Å². The molecule has 4 nitrogen and oxygen atoms in total. The van der Waals surface area contributed by atoms with Gasteiger partial charge in [-0.3, -0.25) is 9.78 Å². The summed E-state index contributed by atoms with van der Waals surface area (Å²) in [4.78, 5) is 18.7. The summed E-state index contributed by atoms with van der Waals surface area (Å²) in [5, 5.41) is 3.07. The summed E-state index contributed by atoms with van der Waals surface area (Å²) in [6.07, 6.45) is 5.86. The van der Waals surface area contributed by atoms with Crippen molar-refractivity contribution in [2.24, 2.45) is 5.92 Å². The molecule has 1 N–H and O–H groups in total. The van der Waals surface area contributed by atoms with Crippen molar-refractivity contribution in [2.45, 2.75) is 12.8 Å². The van der Waals surface area contributed by atoms with Crippen LogP contribution in [0.25, 0.3) is 0 Å². The standard InChI is InChI=1S/C18H20BrN3O/c19-17-4-2-1-3-16(17)18(23)21-13-14-7-11-22(12-8-14)15-5-9-20-10-6-15/h1-6,9-10,14H,7-8,11-13H2,(H,21,23). The predicted octanol–water partition coefficient (Wildman–Crippen LogP) is 3.49. The van der Waals surface area contributed by atoms with Gasteiger partial charge in [0.25, 0.3) is 5.91 Å². The second-order valence-electron chi connectivity index (χ2n) is 5.83. The van der Waals surface area contributed by atoms with E-state index in [0.717, 1.165) is 36.9 Å². The van der Waals surface area contributed by atoms with Crippen LogP contribution < -0.4 is 10.2 Å². The number of anilines is 1. The smallest absolute Gasteiger partial charge is 0.252 e. The second kappa shape index (κ2) is 7.59. The molecule has 120 valence electrons. The third kappa shape index (κ3) is 4.10. The van der Waals surface area contributed by atoms with Crippen LogP contribution in [0.3, 0.4) is 0 Å². The summed E-state index contributed by atoms with van der Waals surface area (Å²) in [5.74, 6) is 0.536. The quantitative estimate of drug-likeness (QED) is 0.891. The number of aromatic nitrogens is 1. The number of halogens is 1. The lowest BCUT2D eigenvalue weighted by molar-refractivity contribution is 0.0944. The van der Waals surface area contributed by atoms with E-state index in [9.17, 15) is 4.79 Å². The molecule has 1 aliphatic heterocycles. The molecule has 1 amide bonds. The van der Waals surface area contributed by atoms with Gasteiger partial charge in [0.1, 0.15) is 0 Å². The summed E-state index contributed by atoms with van der Waals surface area (Å²) >= 11 is 3.42. The van der Waals surface area contributed by atoms with Crippen molar-refractivity contribution < 1.29 is 4.79 Å². The maximum Gasteiger partial charge on any atom is 0.252 e. The fraction of sp³-hybridized carbons (Fsp3) is 0.333.